The molecule has 1 unspecified atom stereocenters. The molecule has 3 N–H and O–H groups in total. The first-order chi connectivity index (χ1) is 14.8. The number of rotatable bonds is 11. The minimum absolute atomic E-state index is 0.218. The quantitative estimate of drug-likeness (QED) is 0.274. The summed E-state index contributed by atoms with van der Waals surface area (Å²) in [6, 6.07) is 11.3. The molecule has 1 atom stereocenters. The Balaban J connectivity index is 1.92. The lowest BCUT2D eigenvalue weighted by Crippen LogP contribution is -2.43. The van der Waals surface area contributed by atoms with Crippen LogP contribution in [0, 0.1) is 0 Å². The Morgan fingerprint density at radius 1 is 1.00 bits per heavy atom. The Labute approximate surface area is 182 Å². The fourth-order valence-electron chi connectivity index (χ4n) is 2.52. The molecule has 2 aromatic rings. The van der Waals surface area contributed by atoms with Crippen LogP contribution in [0.2, 0.25) is 0 Å². The van der Waals surface area contributed by atoms with Crippen molar-refractivity contribution in [3.63, 3.8) is 0 Å². The standard InChI is InChI=1S/C21H18N2O7S/c24-18(23-17(21(28)29)9-10-19(25)26)11-30-16-7-3-14(4-8-16)20(27)13-1-5-15(6-2-13)22-12-31/h1-8,17H,9-11H2,(H,23,24)(H,25,26)(H,28,29). The molecule has 2 aromatic carbocycles. The Bertz CT molecular complexity index is 1010. The first-order valence-electron chi connectivity index (χ1n) is 8.99. The Morgan fingerprint density at radius 3 is 2.10 bits per heavy atom. The van der Waals surface area contributed by atoms with E-state index in [0.717, 1.165) is 0 Å². The van der Waals surface area contributed by atoms with Crippen molar-refractivity contribution in [2.75, 3.05) is 6.61 Å². The number of nitrogens with zero attached hydrogens (tertiary/aromatic N) is 1. The van der Waals surface area contributed by atoms with Crippen LogP contribution in [-0.4, -0.2) is 51.7 Å². The number of ketones is 1. The van der Waals surface area contributed by atoms with E-state index in [1.54, 1.807) is 24.3 Å². The summed E-state index contributed by atoms with van der Waals surface area (Å²) in [5.74, 6) is -3.12. The Morgan fingerprint density at radius 2 is 1.58 bits per heavy atom. The highest BCUT2D eigenvalue weighted by molar-refractivity contribution is 7.78. The van der Waals surface area contributed by atoms with Gasteiger partial charge in [0.05, 0.1) is 10.8 Å². The van der Waals surface area contributed by atoms with Gasteiger partial charge in [-0.25, -0.2) is 4.79 Å². The predicted octanol–water partition coefficient (Wildman–Crippen LogP) is 2.46. The van der Waals surface area contributed by atoms with Crippen molar-refractivity contribution in [3.8, 4) is 5.75 Å². The predicted molar refractivity (Wildman–Crippen MR) is 113 cm³/mol. The number of carboxylic acid groups (broad SMARTS) is 2. The smallest absolute Gasteiger partial charge is 0.326 e. The molecular weight excluding hydrogens is 424 g/mol. The lowest BCUT2D eigenvalue weighted by molar-refractivity contribution is -0.143. The summed E-state index contributed by atoms with van der Waals surface area (Å²) in [7, 11) is 0. The van der Waals surface area contributed by atoms with Gasteiger partial charge in [0.2, 0.25) is 0 Å². The third-order valence-corrected chi connectivity index (χ3v) is 4.16. The number of isothiocyanates is 1. The first-order valence-corrected chi connectivity index (χ1v) is 9.40. The van der Waals surface area contributed by atoms with E-state index in [-0.39, 0.29) is 12.2 Å². The largest absolute Gasteiger partial charge is 0.484 e. The summed E-state index contributed by atoms with van der Waals surface area (Å²) in [4.78, 5) is 49.9. The Hall–Kier alpha value is -3.88. The molecule has 1 amide bonds. The number of benzene rings is 2. The van der Waals surface area contributed by atoms with E-state index in [4.69, 9.17) is 14.9 Å². The van der Waals surface area contributed by atoms with Gasteiger partial charge in [0.25, 0.3) is 5.91 Å². The van der Waals surface area contributed by atoms with Gasteiger partial charge in [-0.15, -0.1) is 0 Å². The number of nitrogens with one attached hydrogen (secondary N) is 1. The lowest BCUT2D eigenvalue weighted by Gasteiger charge is -2.14. The van der Waals surface area contributed by atoms with Crippen LogP contribution >= 0.6 is 12.2 Å². The van der Waals surface area contributed by atoms with Crippen LogP contribution in [0.4, 0.5) is 5.69 Å². The minimum atomic E-state index is -1.33. The van der Waals surface area contributed by atoms with Crippen LogP contribution in [0.1, 0.15) is 28.8 Å². The third kappa shape index (κ3) is 7.46. The highest BCUT2D eigenvalue weighted by Crippen LogP contribution is 2.18. The van der Waals surface area contributed by atoms with Gasteiger partial charge >= 0.3 is 11.9 Å². The highest BCUT2D eigenvalue weighted by Gasteiger charge is 2.21. The molecule has 10 heteroatoms. The number of ether oxygens (including phenoxy) is 1. The maximum Gasteiger partial charge on any atom is 0.326 e. The van der Waals surface area contributed by atoms with Crippen LogP contribution in [0.25, 0.3) is 0 Å². The topological polar surface area (TPSA) is 142 Å². The van der Waals surface area contributed by atoms with Crippen molar-refractivity contribution in [2.45, 2.75) is 18.9 Å². The maximum absolute atomic E-state index is 12.5. The molecule has 0 fully saturated rings. The van der Waals surface area contributed by atoms with E-state index in [9.17, 15) is 19.2 Å². The van der Waals surface area contributed by atoms with Gasteiger partial charge in [0, 0.05) is 17.5 Å². The zero-order valence-electron chi connectivity index (χ0n) is 16.1. The second-order valence-electron chi connectivity index (χ2n) is 6.28. The number of aliphatic carboxylic acids is 2. The van der Waals surface area contributed by atoms with Crippen LogP contribution < -0.4 is 10.1 Å². The summed E-state index contributed by atoms with van der Waals surface area (Å²) in [5, 5.41) is 22.1. The number of hydrogen-bond donors (Lipinski definition) is 3. The first kappa shape index (κ1) is 23.4. The molecule has 0 heterocycles. The fourth-order valence-corrected chi connectivity index (χ4v) is 2.62. The molecule has 0 saturated carbocycles. The van der Waals surface area contributed by atoms with Gasteiger partial charge in [0.1, 0.15) is 11.8 Å². The molecule has 9 nitrogen and oxygen atoms in total. The molecule has 0 aliphatic rings. The average molecular weight is 442 g/mol. The molecule has 0 radical (unpaired) electrons. The monoisotopic (exact) mass is 442 g/mol. The Kier molecular flexibility index (Phi) is 8.56. The van der Waals surface area contributed by atoms with Gasteiger partial charge in [0.15, 0.2) is 12.4 Å². The van der Waals surface area contributed by atoms with Crippen molar-refractivity contribution in [2.24, 2.45) is 4.99 Å². The van der Waals surface area contributed by atoms with Gasteiger partial charge in [-0.05, 0) is 67.2 Å². The normalized spacial score (nSPS) is 11.0. The molecule has 31 heavy (non-hydrogen) atoms. The number of carbonyl (C=O) groups is 4. The van der Waals surface area contributed by atoms with Gasteiger partial charge in [-0.1, -0.05) is 0 Å². The van der Waals surface area contributed by atoms with Crippen LogP contribution in [0.15, 0.2) is 53.5 Å². The molecular formula is C21H18N2O7S. The molecule has 0 saturated heterocycles. The van der Waals surface area contributed by atoms with E-state index in [0.29, 0.717) is 22.6 Å². The average Bonchev–Trinajstić information content (AvgIpc) is 2.75. The second kappa shape index (κ2) is 11.3. The third-order valence-electron chi connectivity index (χ3n) is 4.07. The molecule has 0 aliphatic heterocycles. The van der Waals surface area contributed by atoms with Crippen molar-refractivity contribution in [1.82, 2.24) is 5.32 Å². The van der Waals surface area contributed by atoms with Crippen LogP contribution in [-0.2, 0) is 14.4 Å². The fraction of sp³-hybridized carbons (Fsp3) is 0.190. The summed E-state index contributed by atoms with van der Waals surface area (Å²) in [6.45, 7) is -0.466. The number of thiocarbonyl (C=S) groups is 1. The zero-order chi connectivity index (χ0) is 22.8. The molecule has 0 bridgehead atoms. The number of carboxylic acids is 2. The maximum atomic E-state index is 12.5. The van der Waals surface area contributed by atoms with Gasteiger partial charge in [-0.2, -0.15) is 4.99 Å². The molecule has 0 spiro atoms. The minimum Gasteiger partial charge on any atom is -0.484 e. The second-order valence-corrected chi connectivity index (χ2v) is 6.47. The van der Waals surface area contributed by atoms with E-state index in [1.165, 1.54) is 24.3 Å². The molecule has 0 aliphatic carbocycles. The van der Waals surface area contributed by atoms with E-state index in [2.05, 4.69) is 27.7 Å². The lowest BCUT2D eigenvalue weighted by atomic mass is 10.0. The van der Waals surface area contributed by atoms with Crippen molar-refractivity contribution in [3.05, 3.63) is 59.7 Å². The highest BCUT2D eigenvalue weighted by atomic mass is 32.1. The van der Waals surface area contributed by atoms with Gasteiger partial charge in [-0.3, -0.25) is 14.4 Å². The molecule has 0 aromatic heterocycles. The van der Waals surface area contributed by atoms with E-state index < -0.39 is 36.9 Å². The molecule has 160 valence electrons. The van der Waals surface area contributed by atoms with Crippen molar-refractivity contribution < 1.29 is 34.1 Å². The van der Waals surface area contributed by atoms with Crippen LogP contribution in [0.3, 0.4) is 0 Å². The van der Waals surface area contributed by atoms with Crippen molar-refractivity contribution >= 4 is 46.7 Å². The van der Waals surface area contributed by atoms with E-state index >= 15 is 0 Å². The van der Waals surface area contributed by atoms with Crippen LogP contribution in [0.5, 0.6) is 5.75 Å². The molecule has 2 rings (SSSR count). The number of aliphatic imine (C=N–C) groups is 1. The zero-order valence-corrected chi connectivity index (χ0v) is 16.9. The number of amides is 1. The van der Waals surface area contributed by atoms with E-state index in [1.807, 2.05) is 0 Å². The van der Waals surface area contributed by atoms with Crippen molar-refractivity contribution in [1.29, 1.82) is 0 Å². The number of hydrogen-bond acceptors (Lipinski definition) is 7. The summed E-state index contributed by atoms with van der Waals surface area (Å²) in [6.07, 6.45) is -0.637. The summed E-state index contributed by atoms with van der Waals surface area (Å²) < 4.78 is 5.30. The van der Waals surface area contributed by atoms with Gasteiger partial charge < -0.3 is 20.3 Å². The number of carbonyl (C=O) groups excluding carboxylic acids is 2. The summed E-state index contributed by atoms with van der Waals surface area (Å²) >= 11 is 4.53. The summed E-state index contributed by atoms with van der Waals surface area (Å²) in [5.41, 5.74) is 1.45. The SMILES string of the molecule is O=C(O)CCC(NC(=O)COc1ccc(C(=O)c2ccc(N=C=S)cc2)cc1)C(=O)O.